The molecule has 2 aromatic carbocycles. The van der Waals surface area contributed by atoms with Gasteiger partial charge in [-0.3, -0.25) is 4.79 Å². The van der Waals surface area contributed by atoms with Crippen molar-refractivity contribution in [2.75, 3.05) is 0 Å². The van der Waals surface area contributed by atoms with E-state index in [1.807, 2.05) is 32.0 Å². The van der Waals surface area contributed by atoms with Gasteiger partial charge in [-0.25, -0.2) is 0 Å². The molecule has 0 radical (unpaired) electrons. The van der Waals surface area contributed by atoms with E-state index >= 15 is 0 Å². The zero-order chi connectivity index (χ0) is 14.9. The third kappa shape index (κ3) is 3.35. The highest BCUT2D eigenvalue weighted by Crippen LogP contribution is 2.25. The normalized spacial score (nSPS) is 10.7. The number of Topliss-reactive ketones (excluding diaryl/α,β-unsaturated/α-hetero) is 1. The molecule has 0 unspecified atom stereocenters. The van der Waals surface area contributed by atoms with Crippen LogP contribution in [0.4, 0.5) is 0 Å². The molecule has 0 heterocycles. The minimum absolute atomic E-state index is 0.0423. The SMILES string of the molecule is Cc1cc(C(=O)Cc2ccc(Cl)c(Cl)c2)c(C)cc1Cl. The fraction of sp³-hybridized carbons (Fsp3) is 0.188. The van der Waals surface area contributed by atoms with Crippen LogP contribution >= 0.6 is 34.8 Å². The first-order chi connectivity index (χ1) is 9.38. The van der Waals surface area contributed by atoms with Gasteiger partial charge in [0.15, 0.2) is 5.78 Å². The van der Waals surface area contributed by atoms with Crippen LogP contribution in [0.25, 0.3) is 0 Å². The maximum absolute atomic E-state index is 12.4. The minimum atomic E-state index is 0.0423. The Morgan fingerprint density at radius 2 is 1.60 bits per heavy atom. The lowest BCUT2D eigenvalue weighted by Gasteiger charge is -2.08. The summed E-state index contributed by atoms with van der Waals surface area (Å²) in [6, 6.07) is 8.88. The molecule has 0 aliphatic heterocycles. The highest BCUT2D eigenvalue weighted by molar-refractivity contribution is 6.42. The smallest absolute Gasteiger partial charge is 0.167 e. The molecular formula is C16H13Cl3O. The van der Waals surface area contributed by atoms with Crippen molar-refractivity contribution in [3.63, 3.8) is 0 Å². The van der Waals surface area contributed by atoms with Gasteiger partial charge in [-0.05, 0) is 54.8 Å². The zero-order valence-electron chi connectivity index (χ0n) is 11.1. The van der Waals surface area contributed by atoms with Crippen LogP contribution in [0.2, 0.25) is 15.1 Å². The van der Waals surface area contributed by atoms with Gasteiger partial charge in [-0.1, -0.05) is 40.9 Å². The maximum Gasteiger partial charge on any atom is 0.167 e. The quantitative estimate of drug-likeness (QED) is 0.662. The largest absolute Gasteiger partial charge is 0.294 e. The van der Waals surface area contributed by atoms with Crippen LogP contribution in [0.15, 0.2) is 30.3 Å². The molecule has 0 saturated carbocycles. The van der Waals surface area contributed by atoms with Gasteiger partial charge < -0.3 is 0 Å². The molecule has 0 aliphatic rings. The number of carbonyl (C=O) groups is 1. The van der Waals surface area contributed by atoms with E-state index in [1.54, 1.807) is 12.1 Å². The van der Waals surface area contributed by atoms with Crippen molar-refractivity contribution in [1.82, 2.24) is 0 Å². The number of benzene rings is 2. The second-order valence-electron chi connectivity index (χ2n) is 4.76. The van der Waals surface area contributed by atoms with Gasteiger partial charge in [0.1, 0.15) is 0 Å². The molecule has 0 aliphatic carbocycles. The molecule has 2 aromatic rings. The van der Waals surface area contributed by atoms with Crippen molar-refractivity contribution in [2.45, 2.75) is 20.3 Å². The van der Waals surface area contributed by atoms with Gasteiger partial charge in [0.2, 0.25) is 0 Å². The molecule has 4 heteroatoms. The van der Waals surface area contributed by atoms with Crippen molar-refractivity contribution in [3.05, 3.63) is 67.7 Å². The zero-order valence-corrected chi connectivity index (χ0v) is 13.4. The summed E-state index contributed by atoms with van der Waals surface area (Å²) in [4.78, 5) is 12.4. The summed E-state index contributed by atoms with van der Waals surface area (Å²) in [6.07, 6.45) is 0.290. The third-order valence-corrected chi connectivity index (χ3v) is 4.30. The van der Waals surface area contributed by atoms with E-state index in [9.17, 15) is 4.79 Å². The van der Waals surface area contributed by atoms with Crippen LogP contribution in [0, 0.1) is 13.8 Å². The molecule has 20 heavy (non-hydrogen) atoms. The van der Waals surface area contributed by atoms with Crippen molar-refractivity contribution in [3.8, 4) is 0 Å². The van der Waals surface area contributed by atoms with E-state index < -0.39 is 0 Å². The molecule has 0 N–H and O–H groups in total. The van der Waals surface area contributed by atoms with E-state index in [-0.39, 0.29) is 5.78 Å². The average Bonchev–Trinajstić information content (AvgIpc) is 2.38. The molecule has 0 amide bonds. The summed E-state index contributed by atoms with van der Waals surface area (Å²) in [5.41, 5.74) is 3.31. The molecule has 2 rings (SSSR count). The fourth-order valence-electron chi connectivity index (χ4n) is 2.01. The molecule has 0 bridgehead atoms. The fourth-order valence-corrected chi connectivity index (χ4v) is 2.55. The highest BCUT2D eigenvalue weighted by Gasteiger charge is 2.12. The lowest BCUT2D eigenvalue weighted by atomic mass is 9.97. The van der Waals surface area contributed by atoms with Gasteiger partial charge in [0, 0.05) is 17.0 Å². The van der Waals surface area contributed by atoms with Crippen LogP contribution in [0.3, 0.4) is 0 Å². The van der Waals surface area contributed by atoms with Crippen LogP contribution in [-0.2, 0) is 6.42 Å². The first-order valence-corrected chi connectivity index (χ1v) is 7.25. The summed E-state index contributed by atoms with van der Waals surface area (Å²) >= 11 is 17.9. The van der Waals surface area contributed by atoms with Gasteiger partial charge in [-0.2, -0.15) is 0 Å². The minimum Gasteiger partial charge on any atom is -0.294 e. The Labute approximate surface area is 133 Å². The van der Waals surface area contributed by atoms with Gasteiger partial charge >= 0.3 is 0 Å². The molecule has 0 aromatic heterocycles. The summed E-state index contributed by atoms with van der Waals surface area (Å²) in [5.74, 6) is 0.0423. The van der Waals surface area contributed by atoms with Crippen molar-refractivity contribution >= 4 is 40.6 Å². The Hall–Kier alpha value is -1.02. The second kappa shape index (κ2) is 6.17. The van der Waals surface area contributed by atoms with E-state index in [1.165, 1.54) is 0 Å². The highest BCUT2D eigenvalue weighted by atomic mass is 35.5. The predicted octanol–water partition coefficient (Wildman–Crippen LogP) is 5.69. The maximum atomic E-state index is 12.4. The Morgan fingerprint density at radius 1 is 0.900 bits per heavy atom. The molecule has 0 saturated heterocycles. The Balaban J connectivity index is 2.28. The van der Waals surface area contributed by atoms with Crippen molar-refractivity contribution in [2.24, 2.45) is 0 Å². The Morgan fingerprint density at radius 3 is 2.25 bits per heavy atom. The van der Waals surface area contributed by atoms with Gasteiger partial charge in [-0.15, -0.1) is 0 Å². The third-order valence-electron chi connectivity index (χ3n) is 3.15. The summed E-state index contributed by atoms with van der Waals surface area (Å²) in [7, 11) is 0. The number of aryl methyl sites for hydroxylation is 2. The summed E-state index contributed by atoms with van der Waals surface area (Å²) in [5, 5.41) is 1.62. The molecule has 104 valence electrons. The number of carbonyl (C=O) groups excluding carboxylic acids is 1. The second-order valence-corrected chi connectivity index (χ2v) is 5.99. The van der Waals surface area contributed by atoms with Crippen LogP contribution in [0.1, 0.15) is 27.0 Å². The Bertz CT molecular complexity index is 678. The van der Waals surface area contributed by atoms with Crippen molar-refractivity contribution in [1.29, 1.82) is 0 Å². The van der Waals surface area contributed by atoms with Crippen molar-refractivity contribution < 1.29 is 4.79 Å². The number of rotatable bonds is 3. The predicted molar refractivity (Wildman–Crippen MR) is 85.4 cm³/mol. The molecule has 0 spiro atoms. The van der Waals surface area contributed by atoms with E-state index in [2.05, 4.69) is 0 Å². The number of ketones is 1. The molecule has 0 atom stereocenters. The summed E-state index contributed by atoms with van der Waals surface area (Å²) in [6.45, 7) is 3.77. The topological polar surface area (TPSA) is 17.1 Å². The monoisotopic (exact) mass is 326 g/mol. The summed E-state index contributed by atoms with van der Waals surface area (Å²) < 4.78 is 0. The average molecular weight is 328 g/mol. The standard InChI is InChI=1S/C16H13Cl3O/c1-9-6-14(18)10(2)5-12(9)16(20)8-11-3-4-13(17)15(19)7-11/h3-7H,8H2,1-2H3. The first kappa shape index (κ1) is 15.4. The van der Waals surface area contributed by atoms with E-state index in [4.69, 9.17) is 34.8 Å². The van der Waals surface area contributed by atoms with Gasteiger partial charge in [0.05, 0.1) is 10.0 Å². The molecular weight excluding hydrogens is 315 g/mol. The lowest BCUT2D eigenvalue weighted by Crippen LogP contribution is -2.06. The molecule has 1 nitrogen and oxygen atoms in total. The lowest BCUT2D eigenvalue weighted by molar-refractivity contribution is 0.0992. The van der Waals surface area contributed by atoms with Crippen LogP contribution in [0.5, 0.6) is 0 Å². The number of hydrogen-bond donors (Lipinski definition) is 0. The number of hydrogen-bond acceptors (Lipinski definition) is 1. The first-order valence-electron chi connectivity index (χ1n) is 6.12. The van der Waals surface area contributed by atoms with E-state index in [0.717, 1.165) is 16.7 Å². The Kier molecular flexibility index (Phi) is 4.74. The molecule has 0 fully saturated rings. The number of halogens is 3. The van der Waals surface area contributed by atoms with Crippen LogP contribution < -0.4 is 0 Å². The van der Waals surface area contributed by atoms with Crippen LogP contribution in [-0.4, -0.2) is 5.78 Å². The van der Waals surface area contributed by atoms with Gasteiger partial charge in [0.25, 0.3) is 0 Å². The van der Waals surface area contributed by atoms with E-state index in [0.29, 0.717) is 27.1 Å².